The summed E-state index contributed by atoms with van der Waals surface area (Å²) in [7, 11) is 0. The summed E-state index contributed by atoms with van der Waals surface area (Å²) in [5.41, 5.74) is -1.23. The number of rotatable bonds is 2. The fraction of sp³-hybridized carbons (Fsp3) is 0.810. The molecule has 5 nitrogen and oxygen atoms in total. The molecule has 26 heavy (non-hydrogen) atoms. The number of ketones is 2. The van der Waals surface area contributed by atoms with Crippen molar-refractivity contribution in [3.05, 3.63) is 11.6 Å². The van der Waals surface area contributed by atoms with E-state index in [2.05, 4.69) is 6.92 Å². The third kappa shape index (κ3) is 2.14. The van der Waals surface area contributed by atoms with Crippen molar-refractivity contribution in [2.75, 3.05) is 6.61 Å². The number of allylic oxidation sites excluding steroid dienone is 1. The van der Waals surface area contributed by atoms with Crippen LogP contribution < -0.4 is 0 Å². The van der Waals surface area contributed by atoms with E-state index in [-0.39, 0.29) is 29.0 Å². The fourth-order valence-electron chi connectivity index (χ4n) is 7.28. The molecule has 0 aromatic heterocycles. The largest absolute Gasteiger partial charge is 0.393 e. The van der Waals surface area contributed by atoms with Crippen LogP contribution in [0.4, 0.5) is 0 Å². The summed E-state index contributed by atoms with van der Waals surface area (Å²) in [5.74, 6) is 0.140. The zero-order chi connectivity index (χ0) is 18.9. The summed E-state index contributed by atoms with van der Waals surface area (Å²) in [5, 5.41) is 31.7. The number of carbonyl (C=O) groups is 2. The fourth-order valence-corrected chi connectivity index (χ4v) is 7.28. The Morgan fingerprint density at radius 3 is 2.73 bits per heavy atom. The van der Waals surface area contributed by atoms with Crippen LogP contribution in [-0.4, -0.2) is 45.2 Å². The Hall–Kier alpha value is -1.04. The molecule has 7 atom stereocenters. The van der Waals surface area contributed by atoms with Gasteiger partial charge in [0.25, 0.3) is 0 Å². The Morgan fingerprint density at radius 2 is 2.04 bits per heavy atom. The first kappa shape index (κ1) is 18.3. The van der Waals surface area contributed by atoms with Gasteiger partial charge in [-0.25, -0.2) is 0 Å². The van der Waals surface area contributed by atoms with Crippen molar-refractivity contribution >= 4 is 11.6 Å². The van der Waals surface area contributed by atoms with E-state index in [9.17, 15) is 24.9 Å². The second kappa shape index (κ2) is 5.73. The molecule has 0 aliphatic heterocycles. The van der Waals surface area contributed by atoms with Crippen molar-refractivity contribution in [2.24, 2.45) is 28.6 Å². The minimum atomic E-state index is -1.54. The molecule has 0 unspecified atom stereocenters. The number of hydrogen-bond donors (Lipinski definition) is 3. The molecule has 144 valence electrons. The van der Waals surface area contributed by atoms with Crippen LogP contribution in [-0.2, 0) is 9.59 Å². The van der Waals surface area contributed by atoms with Crippen molar-refractivity contribution in [1.29, 1.82) is 0 Å². The second-order valence-corrected chi connectivity index (χ2v) is 9.56. The molecule has 4 rings (SSSR count). The van der Waals surface area contributed by atoms with Crippen LogP contribution in [0, 0.1) is 28.6 Å². The van der Waals surface area contributed by atoms with E-state index in [0.29, 0.717) is 19.3 Å². The Kier molecular flexibility index (Phi) is 4.04. The molecule has 0 aromatic carbocycles. The number of fused-ring (bicyclic) bond motifs is 5. The number of hydrogen-bond acceptors (Lipinski definition) is 5. The summed E-state index contributed by atoms with van der Waals surface area (Å²) in [6.07, 6.45) is 5.74. The molecular weight excluding hydrogens is 334 g/mol. The van der Waals surface area contributed by atoms with E-state index in [1.807, 2.05) is 6.92 Å². The summed E-state index contributed by atoms with van der Waals surface area (Å²) < 4.78 is 0. The van der Waals surface area contributed by atoms with E-state index >= 15 is 0 Å². The highest BCUT2D eigenvalue weighted by Crippen LogP contribution is 2.67. The molecular formula is C21H30O5. The van der Waals surface area contributed by atoms with Gasteiger partial charge in [0, 0.05) is 11.8 Å². The van der Waals surface area contributed by atoms with Gasteiger partial charge in [-0.1, -0.05) is 19.4 Å². The zero-order valence-electron chi connectivity index (χ0n) is 15.7. The topological polar surface area (TPSA) is 94.8 Å². The third-order valence-electron chi connectivity index (χ3n) is 8.65. The SMILES string of the molecule is C[C@]12CC[14C](=O)C=C1CC[C@@H]1[C@@H]2[C@@H](O)C[C@@]2(C)[C@H]1CC[C@]2(O)C(=O)CO. The van der Waals surface area contributed by atoms with Gasteiger partial charge in [-0.2, -0.15) is 0 Å². The maximum absolute atomic E-state index is 12.4. The molecule has 0 heterocycles. The smallest absolute Gasteiger partial charge is 0.190 e. The summed E-state index contributed by atoms with van der Waals surface area (Å²) in [6.45, 7) is 3.46. The second-order valence-electron chi connectivity index (χ2n) is 9.56. The van der Waals surface area contributed by atoms with E-state index < -0.39 is 29.5 Å². The number of carbonyl (C=O) groups excluding carboxylic acids is 2. The molecule has 4 aliphatic rings. The van der Waals surface area contributed by atoms with Crippen LogP contribution in [0.25, 0.3) is 0 Å². The van der Waals surface area contributed by atoms with Crippen molar-refractivity contribution in [3.63, 3.8) is 0 Å². The average molecular weight is 364 g/mol. The highest BCUT2D eigenvalue weighted by molar-refractivity contribution is 5.91. The molecule has 0 aromatic rings. The van der Waals surface area contributed by atoms with E-state index in [0.717, 1.165) is 25.7 Å². The van der Waals surface area contributed by atoms with Crippen LogP contribution in [0.15, 0.2) is 11.6 Å². The summed E-state index contributed by atoms with van der Waals surface area (Å²) in [4.78, 5) is 24.3. The van der Waals surface area contributed by atoms with Crippen molar-refractivity contribution < 1.29 is 24.9 Å². The minimum Gasteiger partial charge on any atom is -0.393 e. The predicted octanol–water partition coefficient (Wildman–Crippen LogP) is 1.78. The van der Waals surface area contributed by atoms with Crippen molar-refractivity contribution in [2.45, 2.75) is 70.5 Å². The van der Waals surface area contributed by atoms with E-state index in [1.165, 1.54) is 5.57 Å². The zero-order valence-corrected chi connectivity index (χ0v) is 15.7. The van der Waals surface area contributed by atoms with Gasteiger partial charge in [0.15, 0.2) is 11.6 Å². The standard InChI is InChI=1S/C21H30O5/c1-19-7-5-13(23)9-12(19)3-4-14-15-6-8-21(26,17(25)11-22)20(15,2)10-16(24)18(14)19/h9,14-16,18,22,24,26H,3-8,10-11H2,1-2H3/t14-,15-,16-,18+,19-,20-,21-/m0/s1/i13+2. The van der Waals surface area contributed by atoms with Gasteiger partial charge < -0.3 is 15.3 Å². The molecule has 0 spiro atoms. The molecule has 0 bridgehead atoms. The number of Topliss-reactive ketones (excluding diaryl/α,β-unsaturated/α-hetero) is 1. The Labute approximate surface area is 154 Å². The first-order chi connectivity index (χ1) is 12.2. The summed E-state index contributed by atoms with van der Waals surface area (Å²) >= 11 is 0. The lowest BCUT2D eigenvalue weighted by atomic mass is 9.46. The number of aliphatic hydroxyl groups is 3. The Morgan fingerprint density at radius 1 is 1.31 bits per heavy atom. The quantitative estimate of drug-likeness (QED) is 0.694. The molecule has 0 radical (unpaired) electrons. The van der Waals surface area contributed by atoms with Crippen LogP contribution in [0.1, 0.15) is 58.8 Å². The first-order valence-corrected chi connectivity index (χ1v) is 9.96. The lowest BCUT2D eigenvalue weighted by Crippen LogP contribution is -2.62. The van der Waals surface area contributed by atoms with Gasteiger partial charge in [0.05, 0.1) is 6.10 Å². The van der Waals surface area contributed by atoms with Crippen LogP contribution in [0.5, 0.6) is 0 Å². The maximum atomic E-state index is 12.4. The van der Waals surface area contributed by atoms with Gasteiger partial charge in [-0.05, 0) is 67.8 Å². The van der Waals surface area contributed by atoms with Gasteiger partial charge in [0.2, 0.25) is 0 Å². The Bertz CT molecular complexity index is 684. The van der Waals surface area contributed by atoms with E-state index in [1.54, 1.807) is 6.08 Å². The van der Waals surface area contributed by atoms with Gasteiger partial charge in [-0.3, -0.25) is 9.59 Å². The molecule has 5 heteroatoms. The normalized spacial score (nSPS) is 50.5. The molecule has 3 N–H and O–H groups in total. The van der Waals surface area contributed by atoms with Crippen LogP contribution in [0.3, 0.4) is 0 Å². The predicted molar refractivity (Wildman–Crippen MR) is 95.1 cm³/mol. The highest BCUT2D eigenvalue weighted by atomic mass is 16.3. The number of aliphatic hydroxyl groups excluding tert-OH is 2. The molecule has 0 saturated heterocycles. The molecule has 3 fully saturated rings. The van der Waals surface area contributed by atoms with Crippen LogP contribution in [0.2, 0.25) is 0 Å². The minimum absolute atomic E-state index is 0.0697. The van der Waals surface area contributed by atoms with Crippen LogP contribution >= 0.6 is 0 Å². The van der Waals surface area contributed by atoms with Crippen molar-refractivity contribution in [1.82, 2.24) is 0 Å². The van der Waals surface area contributed by atoms with Gasteiger partial charge >= 0.3 is 0 Å². The molecule has 3 saturated carbocycles. The maximum Gasteiger partial charge on any atom is 0.190 e. The summed E-state index contributed by atoms with van der Waals surface area (Å²) in [6, 6.07) is 0. The molecule has 0 amide bonds. The lowest BCUT2D eigenvalue weighted by molar-refractivity contribution is -0.182. The van der Waals surface area contributed by atoms with E-state index in [4.69, 9.17) is 0 Å². The first-order valence-electron chi connectivity index (χ1n) is 9.96. The van der Waals surface area contributed by atoms with Gasteiger partial charge in [-0.15, -0.1) is 0 Å². The lowest BCUT2D eigenvalue weighted by Gasteiger charge is -2.60. The third-order valence-corrected chi connectivity index (χ3v) is 8.65. The van der Waals surface area contributed by atoms with Crippen molar-refractivity contribution in [3.8, 4) is 0 Å². The highest BCUT2D eigenvalue weighted by Gasteiger charge is 2.68. The van der Waals surface area contributed by atoms with Gasteiger partial charge in [0.1, 0.15) is 12.2 Å². The molecule has 4 aliphatic carbocycles. The average Bonchev–Trinajstić information content (AvgIpc) is 2.86. The Balaban J connectivity index is 1.74. The monoisotopic (exact) mass is 364 g/mol.